The van der Waals surface area contributed by atoms with Gasteiger partial charge in [0.15, 0.2) is 0 Å². The molecule has 1 heterocycles. The molecule has 1 fully saturated rings. The summed E-state index contributed by atoms with van der Waals surface area (Å²) in [7, 11) is 0. The summed E-state index contributed by atoms with van der Waals surface area (Å²) < 4.78 is 0. The first-order valence-electron chi connectivity index (χ1n) is 6.29. The molecule has 1 nitrogen and oxygen atoms in total. The Morgan fingerprint density at radius 3 is 2.88 bits per heavy atom. The van der Waals surface area contributed by atoms with Gasteiger partial charge in [-0.1, -0.05) is 48.2 Å². The van der Waals surface area contributed by atoms with Crippen LogP contribution in [0.25, 0.3) is 0 Å². The zero-order chi connectivity index (χ0) is 12.3. The van der Waals surface area contributed by atoms with Crippen molar-refractivity contribution in [1.29, 1.82) is 0 Å². The van der Waals surface area contributed by atoms with Crippen molar-refractivity contribution in [3.8, 4) is 0 Å². The zero-order valence-corrected chi connectivity index (χ0v) is 11.7. The van der Waals surface area contributed by atoms with Crippen LogP contribution in [0.15, 0.2) is 18.2 Å². The molecule has 0 aliphatic carbocycles. The monoisotopic (exact) mass is 271 g/mol. The molecule has 94 valence electrons. The van der Waals surface area contributed by atoms with Gasteiger partial charge in [0.25, 0.3) is 0 Å². The van der Waals surface area contributed by atoms with E-state index in [0.29, 0.717) is 10.0 Å². The highest BCUT2D eigenvalue weighted by Gasteiger charge is 2.26. The maximum atomic E-state index is 6.26. The van der Waals surface area contributed by atoms with Crippen molar-refractivity contribution in [1.82, 2.24) is 5.32 Å². The molecular weight excluding hydrogens is 253 g/mol. The van der Waals surface area contributed by atoms with Crippen molar-refractivity contribution in [2.75, 3.05) is 6.54 Å². The van der Waals surface area contributed by atoms with Crippen molar-refractivity contribution >= 4 is 23.2 Å². The molecule has 0 spiro atoms. The van der Waals surface area contributed by atoms with E-state index in [1.807, 2.05) is 12.1 Å². The first-order valence-corrected chi connectivity index (χ1v) is 7.04. The summed E-state index contributed by atoms with van der Waals surface area (Å²) in [5, 5.41) is 5.02. The van der Waals surface area contributed by atoms with Crippen LogP contribution in [0.5, 0.6) is 0 Å². The van der Waals surface area contributed by atoms with Crippen LogP contribution in [-0.4, -0.2) is 12.1 Å². The molecule has 1 aromatic rings. The maximum Gasteiger partial charge on any atom is 0.0624 e. The van der Waals surface area contributed by atoms with Crippen molar-refractivity contribution in [2.24, 2.45) is 0 Å². The van der Waals surface area contributed by atoms with Gasteiger partial charge in [-0.2, -0.15) is 0 Å². The van der Waals surface area contributed by atoms with Crippen LogP contribution in [0.4, 0.5) is 0 Å². The van der Waals surface area contributed by atoms with Crippen LogP contribution < -0.4 is 5.32 Å². The van der Waals surface area contributed by atoms with Crippen LogP contribution in [-0.2, 0) is 6.42 Å². The Morgan fingerprint density at radius 1 is 1.24 bits per heavy atom. The van der Waals surface area contributed by atoms with E-state index in [4.69, 9.17) is 23.2 Å². The highest BCUT2D eigenvalue weighted by Crippen LogP contribution is 2.30. The lowest BCUT2D eigenvalue weighted by atomic mass is 9.88. The molecule has 1 aromatic carbocycles. The van der Waals surface area contributed by atoms with Crippen molar-refractivity contribution in [3.05, 3.63) is 33.8 Å². The fraction of sp³-hybridized carbons (Fsp3) is 0.571. The second-order valence-corrected chi connectivity index (χ2v) is 5.97. The topological polar surface area (TPSA) is 12.0 Å². The van der Waals surface area contributed by atoms with E-state index in [1.165, 1.54) is 25.7 Å². The summed E-state index contributed by atoms with van der Waals surface area (Å²) in [6.45, 7) is 3.39. The van der Waals surface area contributed by atoms with Gasteiger partial charge in [0.2, 0.25) is 0 Å². The molecule has 0 amide bonds. The Hall–Kier alpha value is -0.240. The van der Waals surface area contributed by atoms with Gasteiger partial charge < -0.3 is 5.32 Å². The van der Waals surface area contributed by atoms with Gasteiger partial charge in [0, 0.05) is 5.54 Å². The smallest absolute Gasteiger partial charge is 0.0624 e. The first-order chi connectivity index (χ1) is 8.11. The Balaban J connectivity index is 2.15. The van der Waals surface area contributed by atoms with E-state index in [0.717, 1.165) is 18.5 Å². The van der Waals surface area contributed by atoms with E-state index in [-0.39, 0.29) is 5.54 Å². The molecule has 1 saturated heterocycles. The molecule has 1 unspecified atom stereocenters. The quantitative estimate of drug-likeness (QED) is 0.838. The van der Waals surface area contributed by atoms with Crippen LogP contribution in [0.2, 0.25) is 10.0 Å². The average molecular weight is 272 g/mol. The normalized spacial score (nSPS) is 25.6. The van der Waals surface area contributed by atoms with Crippen LogP contribution in [0, 0.1) is 0 Å². The van der Waals surface area contributed by atoms with Gasteiger partial charge in [0.05, 0.1) is 10.0 Å². The van der Waals surface area contributed by atoms with E-state index < -0.39 is 0 Å². The van der Waals surface area contributed by atoms with Crippen molar-refractivity contribution in [3.63, 3.8) is 0 Å². The van der Waals surface area contributed by atoms with Crippen molar-refractivity contribution < 1.29 is 0 Å². The number of hydrogen-bond acceptors (Lipinski definition) is 1. The highest BCUT2D eigenvalue weighted by molar-refractivity contribution is 6.42. The molecule has 1 aliphatic heterocycles. The number of hydrogen-bond donors (Lipinski definition) is 1. The SMILES string of the molecule is CC1(Cc2cccc(Cl)c2Cl)CCCCCN1. The second kappa shape index (κ2) is 5.60. The standard InChI is InChI=1S/C14H19Cl2N/c1-14(8-3-2-4-9-17-14)10-11-6-5-7-12(15)13(11)16/h5-7,17H,2-4,8-10H2,1H3. The predicted octanol–water partition coefficient (Wildman–Crippen LogP) is 4.46. The minimum atomic E-state index is 0.158. The summed E-state index contributed by atoms with van der Waals surface area (Å²) in [5.41, 5.74) is 1.31. The molecule has 1 N–H and O–H groups in total. The van der Waals surface area contributed by atoms with Gasteiger partial charge in [-0.15, -0.1) is 0 Å². The third-order valence-corrected chi connectivity index (χ3v) is 4.43. The average Bonchev–Trinajstić information content (AvgIpc) is 2.50. The zero-order valence-electron chi connectivity index (χ0n) is 10.2. The second-order valence-electron chi connectivity index (χ2n) is 5.19. The van der Waals surface area contributed by atoms with E-state index >= 15 is 0 Å². The highest BCUT2D eigenvalue weighted by atomic mass is 35.5. The molecule has 0 aromatic heterocycles. The third kappa shape index (κ3) is 3.37. The summed E-state index contributed by atoms with van der Waals surface area (Å²) in [6.07, 6.45) is 6.05. The fourth-order valence-electron chi connectivity index (χ4n) is 2.55. The predicted molar refractivity (Wildman–Crippen MR) is 75.0 cm³/mol. The number of halogens is 2. The third-order valence-electron chi connectivity index (χ3n) is 3.57. The van der Waals surface area contributed by atoms with Crippen LogP contribution in [0.3, 0.4) is 0 Å². The summed E-state index contributed by atoms with van der Waals surface area (Å²) >= 11 is 12.3. The van der Waals surface area contributed by atoms with Gasteiger partial charge in [0.1, 0.15) is 0 Å². The van der Waals surface area contributed by atoms with Crippen molar-refractivity contribution in [2.45, 2.75) is 44.6 Å². The molecule has 0 saturated carbocycles. The number of rotatable bonds is 2. The number of benzene rings is 1. The van der Waals surface area contributed by atoms with Gasteiger partial charge in [-0.05, 0) is 44.4 Å². The molecule has 1 atom stereocenters. The Bertz CT molecular complexity index is 382. The largest absolute Gasteiger partial charge is 0.311 e. The molecular formula is C14H19Cl2N. The summed E-state index contributed by atoms with van der Waals surface area (Å²) in [6, 6.07) is 5.89. The lowest BCUT2D eigenvalue weighted by Gasteiger charge is -2.30. The van der Waals surface area contributed by atoms with Crippen LogP contribution >= 0.6 is 23.2 Å². The molecule has 2 rings (SSSR count). The summed E-state index contributed by atoms with van der Waals surface area (Å²) in [4.78, 5) is 0. The fourth-order valence-corrected chi connectivity index (χ4v) is 2.94. The number of nitrogens with one attached hydrogen (secondary N) is 1. The molecule has 17 heavy (non-hydrogen) atoms. The Morgan fingerprint density at radius 2 is 2.06 bits per heavy atom. The first kappa shape index (κ1) is 13.2. The van der Waals surface area contributed by atoms with Crippen LogP contribution in [0.1, 0.15) is 38.2 Å². The molecule has 0 radical (unpaired) electrons. The molecule has 3 heteroatoms. The Labute approximate surface area is 114 Å². The maximum absolute atomic E-state index is 6.26. The van der Waals surface area contributed by atoms with Gasteiger partial charge in [-0.25, -0.2) is 0 Å². The lowest BCUT2D eigenvalue weighted by molar-refractivity contribution is 0.346. The minimum Gasteiger partial charge on any atom is -0.311 e. The van der Waals surface area contributed by atoms with E-state index in [9.17, 15) is 0 Å². The van der Waals surface area contributed by atoms with E-state index in [2.05, 4.69) is 18.3 Å². The summed E-state index contributed by atoms with van der Waals surface area (Å²) in [5.74, 6) is 0. The van der Waals surface area contributed by atoms with E-state index in [1.54, 1.807) is 0 Å². The molecule has 0 bridgehead atoms. The minimum absolute atomic E-state index is 0.158. The Kier molecular flexibility index (Phi) is 4.35. The lowest BCUT2D eigenvalue weighted by Crippen LogP contribution is -2.43. The van der Waals surface area contributed by atoms with Gasteiger partial charge >= 0.3 is 0 Å². The molecule has 1 aliphatic rings. The van der Waals surface area contributed by atoms with Gasteiger partial charge in [-0.3, -0.25) is 0 Å².